The third-order valence-corrected chi connectivity index (χ3v) is 2.25. The summed E-state index contributed by atoms with van der Waals surface area (Å²) in [5, 5.41) is 2.63. The molecule has 0 radical (unpaired) electrons. The van der Waals surface area contributed by atoms with Crippen LogP contribution in [0.15, 0.2) is 23.0 Å². The smallest absolute Gasteiger partial charge is 0.271 e. The molecule has 0 aromatic carbocycles. The van der Waals surface area contributed by atoms with Gasteiger partial charge in [0.25, 0.3) is 5.91 Å². The molecular weight excluding hydrogens is 234 g/mol. The average molecular weight is 247 g/mol. The summed E-state index contributed by atoms with van der Waals surface area (Å²) in [7, 11) is 0. The molecule has 1 amide bonds. The molecule has 0 aliphatic carbocycles. The Morgan fingerprint density at radius 1 is 1.33 bits per heavy atom. The van der Waals surface area contributed by atoms with Crippen LogP contribution in [-0.4, -0.2) is 20.9 Å². The molecule has 3 N–H and O–H groups in total. The predicted molar refractivity (Wildman–Crippen MR) is 63.5 cm³/mol. The summed E-state index contributed by atoms with van der Waals surface area (Å²) in [5.41, 5.74) is 5.58. The van der Waals surface area contributed by atoms with Crippen molar-refractivity contribution in [1.82, 2.24) is 20.3 Å². The molecule has 7 nitrogen and oxygen atoms in total. The molecule has 0 atom stereocenters. The fraction of sp³-hybridized carbons (Fsp3) is 0.273. The highest BCUT2D eigenvalue weighted by atomic mass is 16.4. The number of amides is 1. The third kappa shape index (κ3) is 2.82. The number of anilines is 1. The number of nitrogens with one attached hydrogen (secondary N) is 1. The predicted octanol–water partition coefficient (Wildman–Crippen LogP) is 0.539. The first-order valence-corrected chi connectivity index (χ1v) is 5.48. The van der Waals surface area contributed by atoms with Crippen molar-refractivity contribution in [3.05, 3.63) is 35.9 Å². The van der Waals surface area contributed by atoms with Crippen molar-refractivity contribution >= 4 is 11.7 Å². The van der Waals surface area contributed by atoms with Gasteiger partial charge < -0.3 is 15.5 Å². The van der Waals surface area contributed by atoms with Gasteiger partial charge in [-0.2, -0.15) is 0 Å². The quantitative estimate of drug-likeness (QED) is 0.816. The number of hydrogen-bond acceptors (Lipinski definition) is 6. The van der Waals surface area contributed by atoms with E-state index in [4.69, 9.17) is 10.2 Å². The van der Waals surface area contributed by atoms with E-state index >= 15 is 0 Å². The summed E-state index contributed by atoms with van der Waals surface area (Å²) in [6.07, 6.45) is 5.06. The molecule has 94 valence electrons. The number of aryl methyl sites for hydroxylation is 1. The SMILES string of the molecule is CCc1cnc(CNC(=O)c2cnc(N)cn2)o1. The lowest BCUT2D eigenvalue weighted by molar-refractivity contribution is 0.0941. The van der Waals surface area contributed by atoms with Gasteiger partial charge in [-0.15, -0.1) is 0 Å². The first-order valence-electron chi connectivity index (χ1n) is 5.48. The highest BCUT2D eigenvalue weighted by molar-refractivity contribution is 5.91. The number of aromatic nitrogens is 3. The third-order valence-electron chi connectivity index (χ3n) is 2.25. The van der Waals surface area contributed by atoms with Gasteiger partial charge in [0.2, 0.25) is 5.89 Å². The lowest BCUT2D eigenvalue weighted by Gasteiger charge is -2.01. The second-order valence-corrected chi connectivity index (χ2v) is 3.58. The van der Waals surface area contributed by atoms with Gasteiger partial charge in [0.05, 0.1) is 25.1 Å². The average Bonchev–Trinajstić information content (AvgIpc) is 2.85. The van der Waals surface area contributed by atoms with E-state index in [1.807, 2.05) is 6.92 Å². The molecule has 0 aliphatic rings. The molecule has 18 heavy (non-hydrogen) atoms. The van der Waals surface area contributed by atoms with Crippen LogP contribution < -0.4 is 11.1 Å². The summed E-state index contributed by atoms with van der Waals surface area (Å²) >= 11 is 0. The highest BCUT2D eigenvalue weighted by Crippen LogP contribution is 2.04. The second kappa shape index (κ2) is 5.26. The highest BCUT2D eigenvalue weighted by Gasteiger charge is 2.09. The van der Waals surface area contributed by atoms with E-state index in [2.05, 4.69) is 20.3 Å². The minimum atomic E-state index is -0.348. The van der Waals surface area contributed by atoms with Crippen LogP contribution in [0.4, 0.5) is 5.82 Å². The van der Waals surface area contributed by atoms with Gasteiger partial charge in [-0.05, 0) is 0 Å². The van der Waals surface area contributed by atoms with Crippen LogP contribution in [-0.2, 0) is 13.0 Å². The molecule has 0 bridgehead atoms. The lowest BCUT2D eigenvalue weighted by atomic mass is 10.4. The Labute approximate surface area is 103 Å². The fourth-order valence-electron chi connectivity index (χ4n) is 1.29. The monoisotopic (exact) mass is 247 g/mol. The summed E-state index contributed by atoms with van der Waals surface area (Å²) in [5.74, 6) is 1.17. The van der Waals surface area contributed by atoms with E-state index in [9.17, 15) is 4.79 Å². The Morgan fingerprint density at radius 2 is 2.17 bits per heavy atom. The minimum absolute atomic E-state index is 0.200. The van der Waals surface area contributed by atoms with Crippen molar-refractivity contribution in [3.8, 4) is 0 Å². The Hall–Kier alpha value is -2.44. The maximum Gasteiger partial charge on any atom is 0.271 e. The molecule has 0 saturated heterocycles. The Balaban J connectivity index is 1.93. The van der Waals surface area contributed by atoms with Crippen molar-refractivity contribution in [2.75, 3.05) is 5.73 Å². The Bertz CT molecular complexity index is 535. The van der Waals surface area contributed by atoms with Gasteiger partial charge in [-0.1, -0.05) is 6.92 Å². The molecule has 0 fully saturated rings. The number of hydrogen-bond donors (Lipinski definition) is 2. The summed E-state index contributed by atoms with van der Waals surface area (Å²) in [4.78, 5) is 23.4. The van der Waals surface area contributed by atoms with Crippen LogP contribution in [0, 0.1) is 0 Å². The van der Waals surface area contributed by atoms with Gasteiger partial charge in [0, 0.05) is 6.42 Å². The standard InChI is InChI=1S/C11H13N5O2/c1-2-7-3-15-10(18-7)6-16-11(17)8-4-14-9(12)5-13-8/h3-5H,2,6H2,1H3,(H2,12,14)(H,16,17). The van der Waals surface area contributed by atoms with Crippen LogP contribution in [0.2, 0.25) is 0 Å². The molecule has 2 rings (SSSR count). The van der Waals surface area contributed by atoms with Crippen molar-refractivity contribution in [1.29, 1.82) is 0 Å². The maximum atomic E-state index is 11.7. The van der Waals surface area contributed by atoms with Crippen LogP contribution in [0.3, 0.4) is 0 Å². The van der Waals surface area contributed by atoms with E-state index in [0.29, 0.717) is 5.89 Å². The van der Waals surface area contributed by atoms with Crippen molar-refractivity contribution in [3.63, 3.8) is 0 Å². The van der Waals surface area contributed by atoms with Gasteiger partial charge in [0.1, 0.15) is 17.3 Å². The van der Waals surface area contributed by atoms with Crippen molar-refractivity contribution in [2.45, 2.75) is 19.9 Å². The number of rotatable bonds is 4. The number of carbonyl (C=O) groups excluding carboxylic acids is 1. The van der Waals surface area contributed by atoms with E-state index in [0.717, 1.165) is 12.2 Å². The number of carbonyl (C=O) groups is 1. The molecule has 0 spiro atoms. The van der Waals surface area contributed by atoms with Crippen LogP contribution >= 0.6 is 0 Å². The second-order valence-electron chi connectivity index (χ2n) is 3.58. The van der Waals surface area contributed by atoms with E-state index in [1.54, 1.807) is 6.20 Å². The first kappa shape index (κ1) is 12.0. The van der Waals surface area contributed by atoms with E-state index in [-0.39, 0.29) is 24.0 Å². The number of nitrogen functional groups attached to an aromatic ring is 1. The van der Waals surface area contributed by atoms with Gasteiger partial charge in [-0.25, -0.2) is 15.0 Å². The van der Waals surface area contributed by atoms with Crippen LogP contribution in [0.5, 0.6) is 0 Å². The molecule has 0 saturated carbocycles. The number of nitrogens with zero attached hydrogens (tertiary/aromatic N) is 3. The van der Waals surface area contributed by atoms with Crippen molar-refractivity contribution in [2.24, 2.45) is 0 Å². The van der Waals surface area contributed by atoms with Gasteiger partial charge in [-0.3, -0.25) is 4.79 Å². The topological polar surface area (TPSA) is 107 Å². The van der Waals surface area contributed by atoms with Gasteiger partial charge in [0.15, 0.2) is 0 Å². The molecule has 7 heteroatoms. The molecule has 2 aromatic rings. The Morgan fingerprint density at radius 3 is 2.78 bits per heavy atom. The Kier molecular flexibility index (Phi) is 3.52. The van der Waals surface area contributed by atoms with E-state index < -0.39 is 0 Å². The largest absolute Gasteiger partial charge is 0.444 e. The first-order chi connectivity index (χ1) is 8.69. The van der Waals surface area contributed by atoms with Crippen LogP contribution in [0.1, 0.15) is 29.1 Å². The van der Waals surface area contributed by atoms with E-state index in [1.165, 1.54) is 12.4 Å². The van der Waals surface area contributed by atoms with Gasteiger partial charge >= 0.3 is 0 Å². The maximum absolute atomic E-state index is 11.7. The normalized spacial score (nSPS) is 10.3. The molecular formula is C11H13N5O2. The summed E-state index contributed by atoms with van der Waals surface area (Å²) in [6, 6.07) is 0. The summed E-state index contributed by atoms with van der Waals surface area (Å²) in [6.45, 7) is 2.18. The lowest BCUT2D eigenvalue weighted by Crippen LogP contribution is -2.24. The fourth-order valence-corrected chi connectivity index (χ4v) is 1.29. The zero-order valence-corrected chi connectivity index (χ0v) is 9.88. The molecule has 0 aliphatic heterocycles. The number of oxazole rings is 1. The molecule has 2 aromatic heterocycles. The zero-order chi connectivity index (χ0) is 13.0. The summed E-state index contributed by atoms with van der Waals surface area (Å²) < 4.78 is 5.36. The van der Waals surface area contributed by atoms with Crippen LogP contribution in [0.25, 0.3) is 0 Å². The molecule has 2 heterocycles. The van der Waals surface area contributed by atoms with Crippen molar-refractivity contribution < 1.29 is 9.21 Å². The zero-order valence-electron chi connectivity index (χ0n) is 9.88. The molecule has 0 unspecified atom stereocenters. The minimum Gasteiger partial charge on any atom is -0.444 e. The number of nitrogens with two attached hydrogens (primary N) is 1.